The lowest BCUT2D eigenvalue weighted by atomic mass is 10.1. The van der Waals surface area contributed by atoms with Crippen LogP contribution in [0.4, 0.5) is 0 Å². The molecule has 2 atom stereocenters. The summed E-state index contributed by atoms with van der Waals surface area (Å²) >= 11 is 3.42. The molecule has 1 fully saturated rings. The number of morpholine rings is 1. The Kier molecular flexibility index (Phi) is 5.61. The molecule has 1 aromatic rings. The molecule has 0 bridgehead atoms. The lowest BCUT2D eigenvalue weighted by molar-refractivity contribution is -0.142. The van der Waals surface area contributed by atoms with E-state index in [1.807, 2.05) is 25.1 Å². The van der Waals surface area contributed by atoms with Crippen molar-refractivity contribution in [3.8, 4) is 5.75 Å². The van der Waals surface area contributed by atoms with Gasteiger partial charge in [0.25, 0.3) is 5.91 Å². The minimum atomic E-state index is -0.540. The molecule has 0 saturated carbocycles. The van der Waals surface area contributed by atoms with Gasteiger partial charge in [0, 0.05) is 29.2 Å². The quantitative estimate of drug-likeness (QED) is 0.896. The lowest BCUT2D eigenvalue weighted by Gasteiger charge is -2.29. The number of rotatable bonds is 4. The molecule has 0 spiro atoms. The van der Waals surface area contributed by atoms with Crippen molar-refractivity contribution < 1.29 is 14.3 Å². The molecule has 1 saturated heterocycles. The van der Waals surface area contributed by atoms with Crippen molar-refractivity contribution >= 4 is 21.8 Å². The van der Waals surface area contributed by atoms with Crippen molar-refractivity contribution in [1.29, 1.82) is 0 Å². The summed E-state index contributed by atoms with van der Waals surface area (Å²) in [6, 6.07) is 5.48. The molecule has 21 heavy (non-hydrogen) atoms. The van der Waals surface area contributed by atoms with Crippen LogP contribution in [0.5, 0.6) is 5.75 Å². The molecule has 1 aliphatic heterocycles. The van der Waals surface area contributed by atoms with Gasteiger partial charge in [0.2, 0.25) is 0 Å². The van der Waals surface area contributed by atoms with Gasteiger partial charge in [-0.1, -0.05) is 15.9 Å². The van der Waals surface area contributed by atoms with Crippen molar-refractivity contribution in [3.63, 3.8) is 0 Å². The highest BCUT2D eigenvalue weighted by Gasteiger charge is 2.24. The summed E-state index contributed by atoms with van der Waals surface area (Å²) in [5, 5.41) is 0. The number of benzene rings is 1. The summed E-state index contributed by atoms with van der Waals surface area (Å²) in [7, 11) is 0. The number of carbonyl (C=O) groups is 1. The monoisotopic (exact) mass is 356 g/mol. The first-order chi connectivity index (χ1) is 9.99. The summed E-state index contributed by atoms with van der Waals surface area (Å²) in [4.78, 5) is 14.1. The summed E-state index contributed by atoms with van der Waals surface area (Å²) in [5.74, 6) is 0.638. The highest BCUT2D eigenvalue weighted by molar-refractivity contribution is 9.10. The van der Waals surface area contributed by atoms with Crippen molar-refractivity contribution in [1.82, 2.24) is 4.90 Å². The average Bonchev–Trinajstić information content (AvgIpc) is 2.49. The van der Waals surface area contributed by atoms with E-state index in [9.17, 15) is 4.79 Å². The molecule has 6 heteroatoms. The minimum Gasteiger partial charge on any atom is -0.481 e. The van der Waals surface area contributed by atoms with Crippen molar-refractivity contribution in [2.24, 2.45) is 5.73 Å². The Hall–Kier alpha value is -1.11. The first-order valence-electron chi connectivity index (χ1n) is 7.07. The van der Waals surface area contributed by atoms with Crippen LogP contribution in [0.25, 0.3) is 0 Å². The fraction of sp³-hybridized carbons (Fsp3) is 0.533. The Balaban J connectivity index is 2.08. The fourth-order valence-electron chi connectivity index (χ4n) is 2.26. The second kappa shape index (κ2) is 7.24. The van der Waals surface area contributed by atoms with E-state index in [2.05, 4.69) is 15.9 Å². The number of hydrogen-bond acceptors (Lipinski definition) is 4. The maximum atomic E-state index is 12.4. The van der Waals surface area contributed by atoms with E-state index in [0.29, 0.717) is 32.1 Å². The van der Waals surface area contributed by atoms with E-state index < -0.39 is 6.10 Å². The van der Waals surface area contributed by atoms with Gasteiger partial charge in [-0.2, -0.15) is 0 Å². The number of hydrogen-bond donors (Lipinski definition) is 1. The van der Waals surface area contributed by atoms with Crippen LogP contribution >= 0.6 is 15.9 Å². The number of nitrogens with two attached hydrogens (primary N) is 1. The number of ether oxygens (including phenoxy) is 2. The van der Waals surface area contributed by atoms with Crippen LogP contribution < -0.4 is 10.5 Å². The van der Waals surface area contributed by atoms with E-state index in [4.69, 9.17) is 15.2 Å². The zero-order chi connectivity index (χ0) is 15.4. The van der Waals surface area contributed by atoms with E-state index in [1.54, 1.807) is 11.8 Å². The van der Waals surface area contributed by atoms with Crippen molar-refractivity contribution in [2.75, 3.05) is 26.3 Å². The third kappa shape index (κ3) is 4.18. The zero-order valence-corrected chi connectivity index (χ0v) is 13.9. The summed E-state index contributed by atoms with van der Waals surface area (Å²) < 4.78 is 12.0. The van der Waals surface area contributed by atoms with Gasteiger partial charge in [-0.15, -0.1) is 0 Å². The molecular weight excluding hydrogens is 336 g/mol. The van der Waals surface area contributed by atoms with Gasteiger partial charge in [-0.05, 0) is 32.0 Å². The van der Waals surface area contributed by atoms with Crippen LogP contribution in [0.2, 0.25) is 0 Å². The van der Waals surface area contributed by atoms with Crippen LogP contribution in [0, 0.1) is 0 Å². The highest BCUT2D eigenvalue weighted by atomic mass is 79.9. The third-order valence-electron chi connectivity index (χ3n) is 3.44. The van der Waals surface area contributed by atoms with Gasteiger partial charge in [0.1, 0.15) is 5.75 Å². The molecule has 0 aromatic heterocycles. The molecule has 1 unspecified atom stereocenters. The van der Waals surface area contributed by atoms with E-state index in [0.717, 1.165) is 10.0 Å². The fourth-order valence-corrected chi connectivity index (χ4v) is 2.64. The van der Waals surface area contributed by atoms with Crippen molar-refractivity contribution in [3.05, 3.63) is 28.2 Å². The second-order valence-electron chi connectivity index (χ2n) is 5.17. The smallest absolute Gasteiger partial charge is 0.263 e. The Morgan fingerprint density at radius 1 is 1.38 bits per heavy atom. The molecule has 2 rings (SSSR count). The summed E-state index contributed by atoms with van der Waals surface area (Å²) in [6.45, 7) is 6.07. The molecule has 1 aliphatic rings. The lowest BCUT2D eigenvalue weighted by Crippen LogP contribution is -2.46. The topological polar surface area (TPSA) is 64.8 Å². The first kappa shape index (κ1) is 16.3. The Morgan fingerprint density at radius 3 is 2.67 bits per heavy atom. The maximum Gasteiger partial charge on any atom is 0.263 e. The summed E-state index contributed by atoms with van der Waals surface area (Å²) in [6.07, 6.45) is -0.540. The Labute approximate surface area is 133 Å². The SMILES string of the molecule is CC(Oc1ccc(Br)cc1[C@H](C)N)C(=O)N1CCOCC1. The summed E-state index contributed by atoms with van der Waals surface area (Å²) in [5.41, 5.74) is 6.85. The van der Waals surface area contributed by atoms with Gasteiger partial charge in [0.05, 0.1) is 13.2 Å². The number of nitrogens with zero attached hydrogens (tertiary/aromatic N) is 1. The van der Waals surface area contributed by atoms with E-state index >= 15 is 0 Å². The molecule has 116 valence electrons. The molecule has 2 N–H and O–H groups in total. The van der Waals surface area contributed by atoms with Crippen LogP contribution in [-0.4, -0.2) is 43.2 Å². The number of halogens is 1. The molecule has 5 nitrogen and oxygen atoms in total. The van der Waals surface area contributed by atoms with Crippen LogP contribution in [0.15, 0.2) is 22.7 Å². The van der Waals surface area contributed by atoms with Crippen molar-refractivity contribution in [2.45, 2.75) is 26.0 Å². The van der Waals surface area contributed by atoms with Crippen LogP contribution in [0.3, 0.4) is 0 Å². The van der Waals surface area contributed by atoms with Gasteiger partial charge in [-0.25, -0.2) is 0 Å². The largest absolute Gasteiger partial charge is 0.481 e. The third-order valence-corrected chi connectivity index (χ3v) is 3.93. The zero-order valence-electron chi connectivity index (χ0n) is 12.3. The normalized spacial score (nSPS) is 18.2. The van der Waals surface area contributed by atoms with Gasteiger partial charge < -0.3 is 20.1 Å². The Morgan fingerprint density at radius 2 is 2.05 bits per heavy atom. The standard InChI is InChI=1S/C15H21BrN2O3/c1-10(17)13-9-12(16)3-4-14(13)21-11(2)15(19)18-5-7-20-8-6-18/h3-4,9-11H,5-8,17H2,1-2H3/t10-,11?/m0/s1. The predicted octanol–water partition coefficient (Wildman–Crippen LogP) is 2.09. The Bertz CT molecular complexity index is 502. The second-order valence-corrected chi connectivity index (χ2v) is 6.08. The van der Waals surface area contributed by atoms with Crippen LogP contribution in [0.1, 0.15) is 25.5 Å². The minimum absolute atomic E-state index is 0.0168. The van der Waals surface area contributed by atoms with E-state index in [-0.39, 0.29) is 11.9 Å². The van der Waals surface area contributed by atoms with Crippen LogP contribution in [-0.2, 0) is 9.53 Å². The molecule has 1 heterocycles. The highest BCUT2D eigenvalue weighted by Crippen LogP contribution is 2.28. The molecule has 1 amide bonds. The average molecular weight is 357 g/mol. The van der Waals surface area contributed by atoms with Gasteiger partial charge in [0.15, 0.2) is 6.10 Å². The predicted molar refractivity (Wildman–Crippen MR) is 84.2 cm³/mol. The maximum absolute atomic E-state index is 12.4. The number of amides is 1. The van der Waals surface area contributed by atoms with Gasteiger partial charge >= 0.3 is 0 Å². The van der Waals surface area contributed by atoms with Gasteiger partial charge in [-0.3, -0.25) is 4.79 Å². The molecule has 0 radical (unpaired) electrons. The molecular formula is C15H21BrN2O3. The first-order valence-corrected chi connectivity index (χ1v) is 7.86. The molecule has 1 aromatic carbocycles. The molecule has 0 aliphatic carbocycles. The number of carbonyl (C=O) groups excluding carboxylic acids is 1. The van der Waals surface area contributed by atoms with E-state index in [1.165, 1.54) is 0 Å².